The molecule has 0 fully saturated rings. The van der Waals surface area contributed by atoms with E-state index in [-0.39, 0.29) is 18.2 Å². The predicted molar refractivity (Wildman–Crippen MR) is 104 cm³/mol. The standard InChI is InChI=1S/C18H14Br2N2O3/c1-10-7-12(19)5-6-14(10)22-16(23)9-21-18(24)15-8-11-3-2-4-13(20)17(11)25-15/h2-8H,9H2,1H3,(H,21,24)(H,22,23). The molecule has 128 valence electrons. The molecule has 0 atom stereocenters. The number of fused-ring (bicyclic) bond motifs is 1. The van der Waals surface area contributed by atoms with Crippen LogP contribution in [0.3, 0.4) is 0 Å². The van der Waals surface area contributed by atoms with Crippen molar-refractivity contribution >= 4 is 60.3 Å². The van der Waals surface area contributed by atoms with E-state index in [4.69, 9.17) is 4.42 Å². The number of aryl methyl sites for hydroxylation is 1. The Morgan fingerprint density at radius 1 is 1.12 bits per heavy atom. The number of amides is 2. The second-order valence-corrected chi connectivity index (χ2v) is 7.23. The van der Waals surface area contributed by atoms with Crippen molar-refractivity contribution in [2.24, 2.45) is 0 Å². The molecule has 0 spiro atoms. The van der Waals surface area contributed by atoms with E-state index in [1.807, 2.05) is 37.3 Å². The topological polar surface area (TPSA) is 71.3 Å². The number of carbonyl (C=O) groups excluding carboxylic acids is 2. The van der Waals surface area contributed by atoms with Gasteiger partial charge in [-0.1, -0.05) is 28.1 Å². The molecule has 7 heteroatoms. The van der Waals surface area contributed by atoms with E-state index in [2.05, 4.69) is 42.5 Å². The van der Waals surface area contributed by atoms with Crippen molar-refractivity contribution in [1.29, 1.82) is 0 Å². The van der Waals surface area contributed by atoms with Crippen LogP contribution in [-0.4, -0.2) is 18.4 Å². The van der Waals surface area contributed by atoms with Crippen LogP contribution >= 0.6 is 31.9 Å². The van der Waals surface area contributed by atoms with Gasteiger partial charge in [0, 0.05) is 15.5 Å². The lowest BCUT2D eigenvalue weighted by atomic mass is 10.2. The van der Waals surface area contributed by atoms with Crippen molar-refractivity contribution < 1.29 is 14.0 Å². The van der Waals surface area contributed by atoms with Gasteiger partial charge in [-0.3, -0.25) is 9.59 Å². The summed E-state index contributed by atoms with van der Waals surface area (Å²) in [6.07, 6.45) is 0. The Hall–Kier alpha value is -2.12. The molecule has 25 heavy (non-hydrogen) atoms. The number of nitrogens with one attached hydrogen (secondary N) is 2. The van der Waals surface area contributed by atoms with E-state index in [0.717, 1.165) is 19.9 Å². The van der Waals surface area contributed by atoms with Crippen LogP contribution in [0.5, 0.6) is 0 Å². The highest BCUT2D eigenvalue weighted by Gasteiger charge is 2.15. The molecule has 1 heterocycles. The molecule has 5 nitrogen and oxygen atoms in total. The Balaban J connectivity index is 1.63. The van der Waals surface area contributed by atoms with Gasteiger partial charge in [0.25, 0.3) is 5.91 Å². The molecule has 2 amide bonds. The van der Waals surface area contributed by atoms with Crippen molar-refractivity contribution in [3.8, 4) is 0 Å². The third-order valence-corrected chi connectivity index (χ3v) is 4.71. The van der Waals surface area contributed by atoms with Crippen molar-refractivity contribution in [2.45, 2.75) is 6.92 Å². The third kappa shape index (κ3) is 4.11. The number of carbonyl (C=O) groups is 2. The van der Waals surface area contributed by atoms with Crippen LogP contribution in [0.4, 0.5) is 5.69 Å². The lowest BCUT2D eigenvalue weighted by molar-refractivity contribution is -0.115. The fourth-order valence-electron chi connectivity index (χ4n) is 2.35. The Bertz CT molecular complexity index is 966. The first kappa shape index (κ1) is 17.7. The average Bonchev–Trinajstić information content (AvgIpc) is 3.01. The Morgan fingerprint density at radius 2 is 1.92 bits per heavy atom. The minimum atomic E-state index is -0.439. The summed E-state index contributed by atoms with van der Waals surface area (Å²) in [4.78, 5) is 24.2. The molecule has 2 N–H and O–H groups in total. The summed E-state index contributed by atoms with van der Waals surface area (Å²) in [5.74, 6) is -0.587. The van der Waals surface area contributed by atoms with Crippen LogP contribution in [0.25, 0.3) is 11.0 Å². The van der Waals surface area contributed by atoms with E-state index >= 15 is 0 Å². The first-order valence-electron chi connectivity index (χ1n) is 7.46. The SMILES string of the molecule is Cc1cc(Br)ccc1NC(=O)CNC(=O)c1cc2cccc(Br)c2o1. The summed E-state index contributed by atoms with van der Waals surface area (Å²) in [6, 6.07) is 12.7. The minimum absolute atomic E-state index is 0.146. The van der Waals surface area contributed by atoms with E-state index in [9.17, 15) is 9.59 Å². The van der Waals surface area contributed by atoms with Gasteiger partial charge in [0.2, 0.25) is 5.91 Å². The molecule has 3 aromatic rings. The van der Waals surface area contributed by atoms with Crippen molar-refractivity contribution in [1.82, 2.24) is 5.32 Å². The first-order chi connectivity index (χ1) is 11.9. The minimum Gasteiger partial charge on any atom is -0.450 e. The third-order valence-electron chi connectivity index (χ3n) is 3.59. The molecule has 1 aromatic heterocycles. The van der Waals surface area contributed by atoms with Gasteiger partial charge in [0.15, 0.2) is 5.76 Å². The maximum atomic E-state index is 12.2. The zero-order valence-electron chi connectivity index (χ0n) is 13.2. The molecule has 0 saturated heterocycles. The van der Waals surface area contributed by atoms with Crippen LogP contribution in [-0.2, 0) is 4.79 Å². The van der Waals surface area contributed by atoms with E-state index in [1.54, 1.807) is 12.1 Å². The highest BCUT2D eigenvalue weighted by Crippen LogP contribution is 2.26. The summed E-state index contributed by atoms with van der Waals surface area (Å²) >= 11 is 6.75. The molecule has 0 aliphatic heterocycles. The predicted octanol–water partition coefficient (Wildman–Crippen LogP) is 4.63. The maximum absolute atomic E-state index is 12.2. The molecule has 0 aliphatic carbocycles. The number of rotatable bonds is 4. The number of halogens is 2. The van der Waals surface area contributed by atoms with Gasteiger partial charge in [0.1, 0.15) is 5.58 Å². The maximum Gasteiger partial charge on any atom is 0.287 e. The molecule has 0 saturated carbocycles. The molecule has 0 radical (unpaired) electrons. The lowest BCUT2D eigenvalue weighted by Gasteiger charge is -2.09. The second-order valence-electron chi connectivity index (χ2n) is 5.46. The fourth-order valence-corrected chi connectivity index (χ4v) is 3.29. The molecule has 0 unspecified atom stereocenters. The largest absolute Gasteiger partial charge is 0.450 e. The van der Waals surface area contributed by atoms with Crippen molar-refractivity contribution in [3.05, 3.63) is 62.7 Å². The highest BCUT2D eigenvalue weighted by atomic mass is 79.9. The molecular weight excluding hydrogens is 452 g/mol. The number of furan rings is 1. The lowest BCUT2D eigenvalue weighted by Crippen LogP contribution is -2.32. The zero-order chi connectivity index (χ0) is 18.0. The van der Waals surface area contributed by atoms with Gasteiger partial charge in [0.05, 0.1) is 11.0 Å². The van der Waals surface area contributed by atoms with Crippen LogP contribution in [0.1, 0.15) is 16.1 Å². The number of hydrogen-bond donors (Lipinski definition) is 2. The normalized spacial score (nSPS) is 10.7. The molecule has 2 aromatic carbocycles. The number of para-hydroxylation sites is 1. The zero-order valence-corrected chi connectivity index (χ0v) is 16.4. The summed E-state index contributed by atoms with van der Waals surface area (Å²) in [5.41, 5.74) is 2.23. The van der Waals surface area contributed by atoms with Crippen molar-refractivity contribution in [3.63, 3.8) is 0 Å². The second kappa shape index (κ2) is 7.41. The summed E-state index contributed by atoms with van der Waals surface area (Å²) in [6.45, 7) is 1.75. The van der Waals surface area contributed by atoms with Gasteiger partial charge in [-0.15, -0.1) is 0 Å². The molecule has 0 aliphatic rings. The van der Waals surface area contributed by atoms with Gasteiger partial charge in [-0.05, 0) is 58.7 Å². The van der Waals surface area contributed by atoms with Gasteiger partial charge < -0.3 is 15.1 Å². The van der Waals surface area contributed by atoms with E-state index in [1.165, 1.54) is 0 Å². The highest BCUT2D eigenvalue weighted by molar-refractivity contribution is 9.11. The van der Waals surface area contributed by atoms with Crippen LogP contribution < -0.4 is 10.6 Å². The summed E-state index contributed by atoms with van der Waals surface area (Å²) < 4.78 is 7.26. The summed E-state index contributed by atoms with van der Waals surface area (Å²) in [7, 11) is 0. The average molecular weight is 466 g/mol. The molecule has 0 bridgehead atoms. The Kier molecular flexibility index (Phi) is 5.24. The smallest absolute Gasteiger partial charge is 0.287 e. The van der Waals surface area contributed by atoms with Crippen LogP contribution in [0.2, 0.25) is 0 Å². The number of anilines is 1. The fraction of sp³-hybridized carbons (Fsp3) is 0.111. The van der Waals surface area contributed by atoms with Gasteiger partial charge in [-0.2, -0.15) is 0 Å². The van der Waals surface area contributed by atoms with E-state index < -0.39 is 5.91 Å². The summed E-state index contributed by atoms with van der Waals surface area (Å²) in [5, 5.41) is 6.14. The first-order valence-corrected chi connectivity index (χ1v) is 9.05. The number of hydrogen-bond acceptors (Lipinski definition) is 3. The van der Waals surface area contributed by atoms with Crippen LogP contribution in [0.15, 0.2) is 55.8 Å². The molecule has 3 rings (SSSR count). The quantitative estimate of drug-likeness (QED) is 0.589. The van der Waals surface area contributed by atoms with Crippen molar-refractivity contribution in [2.75, 3.05) is 11.9 Å². The monoisotopic (exact) mass is 464 g/mol. The van der Waals surface area contributed by atoms with Crippen LogP contribution in [0, 0.1) is 6.92 Å². The molecular formula is C18H14Br2N2O3. The van der Waals surface area contributed by atoms with Gasteiger partial charge in [-0.25, -0.2) is 0 Å². The Labute approximate surface area is 161 Å². The number of benzene rings is 2. The Morgan fingerprint density at radius 3 is 2.64 bits per heavy atom. The van der Waals surface area contributed by atoms with Gasteiger partial charge >= 0.3 is 0 Å². The van der Waals surface area contributed by atoms with E-state index in [0.29, 0.717) is 11.3 Å².